The van der Waals surface area contributed by atoms with Crippen LogP contribution in [0.25, 0.3) is 0 Å². The molecule has 0 saturated heterocycles. The molecule has 0 aliphatic rings. The average molecular weight is 527 g/mol. The molecule has 3 rings (SSSR count). The van der Waals surface area contributed by atoms with Crippen LogP contribution in [0.1, 0.15) is 28.4 Å². The van der Waals surface area contributed by atoms with Gasteiger partial charge in [0.2, 0.25) is 0 Å². The van der Waals surface area contributed by atoms with Gasteiger partial charge in [-0.1, -0.05) is 11.6 Å². The smallest absolute Gasteiger partial charge is 0.343 e. The number of benzene rings is 3. The van der Waals surface area contributed by atoms with Crippen molar-refractivity contribution >= 4 is 29.7 Å². The number of nitrogens with zero attached hydrogens (tertiary/aromatic N) is 1. The zero-order chi connectivity index (χ0) is 26.8. The third kappa shape index (κ3) is 7.62. The molecule has 0 aromatic heterocycles. The van der Waals surface area contributed by atoms with E-state index in [-0.39, 0.29) is 17.9 Å². The van der Waals surface area contributed by atoms with Crippen molar-refractivity contribution in [3.63, 3.8) is 0 Å². The van der Waals surface area contributed by atoms with Crippen LogP contribution in [0.5, 0.6) is 28.7 Å². The quantitative estimate of drug-likeness (QED) is 0.165. The van der Waals surface area contributed by atoms with E-state index in [9.17, 15) is 9.59 Å². The van der Waals surface area contributed by atoms with E-state index in [1.165, 1.54) is 26.5 Å². The molecule has 1 amide bonds. The largest absolute Gasteiger partial charge is 0.493 e. The van der Waals surface area contributed by atoms with E-state index in [4.69, 9.17) is 35.3 Å². The van der Waals surface area contributed by atoms with Crippen LogP contribution in [0.4, 0.5) is 0 Å². The number of hydrogen-bond donors (Lipinski definition) is 1. The molecular weight excluding hydrogens is 500 g/mol. The second-order valence-corrected chi connectivity index (χ2v) is 8.03. The van der Waals surface area contributed by atoms with Crippen molar-refractivity contribution in [1.29, 1.82) is 0 Å². The maximum Gasteiger partial charge on any atom is 0.343 e. The molecule has 0 saturated carbocycles. The molecule has 0 spiro atoms. The molecular formula is C27H27ClN2O7. The van der Waals surface area contributed by atoms with Crippen LogP contribution in [-0.2, 0) is 4.79 Å². The van der Waals surface area contributed by atoms with Gasteiger partial charge in [0.15, 0.2) is 29.6 Å². The summed E-state index contributed by atoms with van der Waals surface area (Å²) in [5.41, 5.74) is 4.12. The highest BCUT2D eigenvalue weighted by Gasteiger charge is 2.16. The summed E-state index contributed by atoms with van der Waals surface area (Å²) >= 11 is 5.92. The Morgan fingerprint density at radius 2 is 1.62 bits per heavy atom. The Morgan fingerprint density at radius 1 is 0.892 bits per heavy atom. The van der Waals surface area contributed by atoms with E-state index in [1.807, 2.05) is 13.8 Å². The highest BCUT2D eigenvalue weighted by molar-refractivity contribution is 6.30. The van der Waals surface area contributed by atoms with Gasteiger partial charge in [-0.25, -0.2) is 10.2 Å². The average Bonchev–Trinajstić information content (AvgIpc) is 2.89. The number of hydrogen-bond acceptors (Lipinski definition) is 8. The van der Waals surface area contributed by atoms with Crippen molar-refractivity contribution < 1.29 is 33.3 Å². The first kappa shape index (κ1) is 27.3. The third-order valence-corrected chi connectivity index (χ3v) is 5.22. The molecule has 0 radical (unpaired) electrons. The Bertz CT molecular complexity index is 1290. The second kappa shape index (κ2) is 13.2. The van der Waals surface area contributed by atoms with Gasteiger partial charge in [0.05, 0.1) is 32.6 Å². The molecule has 0 atom stereocenters. The van der Waals surface area contributed by atoms with E-state index in [2.05, 4.69) is 10.5 Å². The molecule has 1 N–H and O–H groups in total. The molecule has 194 valence electrons. The molecule has 3 aromatic rings. The van der Waals surface area contributed by atoms with Crippen LogP contribution in [0.2, 0.25) is 5.02 Å². The van der Waals surface area contributed by atoms with Crippen molar-refractivity contribution in [3.05, 3.63) is 76.3 Å². The van der Waals surface area contributed by atoms with Gasteiger partial charge in [0.1, 0.15) is 5.75 Å². The summed E-state index contributed by atoms with van der Waals surface area (Å²) in [6.45, 7) is 3.78. The Balaban J connectivity index is 1.63. The van der Waals surface area contributed by atoms with Gasteiger partial charge in [-0.05, 0) is 79.6 Å². The fourth-order valence-electron chi connectivity index (χ4n) is 3.21. The van der Waals surface area contributed by atoms with Crippen molar-refractivity contribution in [2.75, 3.05) is 27.4 Å². The van der Waals surface area contributed by atoms with Crippen LogP contribution in [0.3, 0.4) is 0 Å². The monoisotopic (exact) mass is 526 g/mol. The van der Waals surface area contributed by atoms with Crippen LogP contribution in [0.15, 0.2) is 59.7 Å². The van der Waals surface area contributed by atoms with Crippen LogP contribution < -0.4 is 29.1 Å². The number of nitrogens with one attached hydrogen (secondary N) is 1. The second-order valence-electron chi connectivity index (χ2n) is 7.59. The molecule has 0 bridgehead atoms. The van der Waals surface area contributed by atoms with Gasteiger partial charge in [-0.2, -0.15) is 5.10 Å². The SMILES string of the molecule is CCOc1cc(C=NNC(=O)COc2ccc(Cl)cc2C)ccc1OC(=O)c1ccc(OC)c(OC)c1. The number of carbonyl (C=O) groups is 2. The molecule has 37 heavy (non-hydrogen) atoms. The highest BCUT2D eigenvalue weighted by atomic mass is 35.5. The maximum absolute atomic E-state index is 12.7. The van der Waals surface area contributed by atoms with Gasteiger partial charge in [0.25, 0.3) is 5.91 Å². The first-order valence-electron chi connectivity index (χ1n) is 11.3. The Morgan fingerprint density at radius 3 is 2.32 bits per heavy atom. The van der Waals surface area contributed by atoms with E-state index in [0.717, 1.165) is 5.56 Å². The molecule has 3 aromatic carbocycles. The summed E-state index contributed by atoms with van der Waals surface area (Å²) in [6, 6.07) is 14.8. The third-order valence-electron chi connectivity index (χ3n) is 4.99. The normalized spacial score (nSPS) is 10.6. The van der Waals surface area contributed by atoms with Gasteiger partial charge in [-0.3, -0.25) is 4.79 Å². The number of rotatable bonds is 11. The number of hydrazone groups is 1. The Kier molecular flexibility index (Phi) is 9.74. The van der Waals surface area contributed by atoms with Crippen LogP contribution in [-0.4, -0.2) is 45.5 Å². The number of aryl methyl sites for hydroxylation is 1. The molecule has 0 heterocycles. The standard InChI is InChI=1S/C27H27ClN2O7/c1-5-35-25-13-18(15-29-30-26(31)16-36-21-11-8-20(28)12-17(21)2)6-9-23(25)37-27(32)19-7-10-22(33-3)24(14-19)34-4/h6-15H,5,16H2,1-4H3,(H,30,31). The van der Waals surface area contributed by atoms with E-state index < -0.39 is 11.9 Å². The molecule has 0 aliphatic heterocycles. The van der Waals surface area contributed by atoms with Gasteiger partial charge in [-0.15, -0.1) is 0 Å². The first-order chi connectivity index (χ1) is 17.8. The van der Waals surface area contributed by atoms with Gasteiger partial charge >= 0.3 is 5.97 Å². The number of amides is 1. The number of ether oxygens (including phenoxy) is 5. The minimum absolute atomic E-state index is 0.213. The number of esters is 1. The van der Waals surface area contributed by atoms with Crippen LogP contribution in [0, 0.1) is 6.92 Å². The minimum Gasteiger partial charge on any atom is -0.493 e. The lowest BCUT2D eigenvalue weighted by atomic mass is 10.2. The lowest BCUT2D eigenvalue weighted by molar-refractivity contribution is -0.123. The number of methoxy groups -OCH3 is 2. The molecule has 10 heteroatoms. The van der Waals surface area contributed by atoms with Crippen molar-refractivity contribution in [2.45, 2.75) is 13.8 Å². The molecule has 0 aliphatic carbocycles. The predicted octanol–water partition coefficient (Wildman–Crippen LogP) is 4.81. The topological polar surface area (TPSA) is 105 Å². The summed E-state index contributed by atoms with van der Waals surface area (Å²) in [7, 11) is 2.99. The van der Waals surface area contributed by atoms with Gasteiger partial charge < -0.3 is 23.7 Å². The van der Waals surface area contributed by atoms with E-state index in [0.29, 0.717) is 40.2 Å². The van der Waals surface area contributed by atoms with Crippen molar-refractivity contribution in [1.82, 2.24) is 5.43 Å². The molecule has 9 nitrogen and oxygen atoms in total. The molecule has 0 unspecified atom stereocenters. The Labute approximate surface area is 219 Å². The zero-order valence-electron chi connectivity index (χ0n) is 20.9. The maximum atomic E-state index is 12.7. The number of carbonyl (C=O) groups excluding carboxylic acids is 2. The number of halogens is 1. The minimum atomic E-state index is -0.591. The summed E-state index contributed by atoms with van der Waals surface area (Å²) in [4.78, 5) is 24.8. The Hall–Kier alpha value is -4.24. The summed E-state index contributed by atoms with van der Waals surface area (Å²) < 4.78 is 27.1. The first-order valence-corrected chi connectivity index (χ1v) is 11.6. The lowest BCUT2D eigenvalue weighted by Crippen LogP contribution is -2.24. The molecule has 0 fully saturated rings. The van der Waals surface area contributed by atoms with Crippen LogP contribution >= 0.6 is 11.6 Å². The van der Waals surface area contributed by atoms with E-state index >= 15 is 0 Å². The summed E-state index contributed by atoms with van der Waals surface area (Å²) in [5, 5.41) is 4.54. The fourth-order valence-corrected chi connectivity index (χ4v) is 3.44. The zero-order valence-corrected chi connectivity index (χ0v) is 21.6. The van der Waals surface area contributed by atoms with Gasteiger partial charge in [0, 0.05) is 5.02 Å². The van der Waals surface area contributed by atoms with Crippen molar-refractivity contribution in [3.8, 4) is 28.7 Å². The lowest BCUT2D eigenvalue weighted by Gasteiger charge is -2.12. The summed E-state index contributed by atoms with van der Waals surface area (Å²) in [5.74, 6) is 1.01. The summed E-state index contributed by atoms with van der Waals surface area (Å²) in [6.07, 6.45) is 1.44. The fraction of sp³-hybridized carbons (Fsp3) is 0.222. The highest BCUT2D eigenvalue weighted by Crippen LogP contribution is 2.31. The van der Waals surface area contributed by atoms with E-state index in [1.54, 1.807) is 48.5 Å². The van der Waals surface area contributed by atoms with Crippen molar-refractivity contribution in [2.24, 2.45) is 5.10 Å². The predicted molar refractivity (Wildman–Crippen MR) is 140 cm³/mol.